The molecule has 1 saturated carbocycles. The number of fused-ring (bicyclic) bond motifs is 2. The van der Waals surface area contributed by atoms with Crippen molar-refractivity contribution < 1.29 is 0 Å². The van der Waals surface area contributed by atoms with E-state index >= 15 is 0 Å². The molecule has 0 radical (unpaired) electrons. The second-order valence-corrected chi connectivity index (χ2v) is 9.38. The SMILES string of the molecule is Cc1cc2c(c(C3CC3)c1)C(C1CCNCC1)c1ncc(Br)cc1CC2. The topological polar surface area (TPSA) is 24.9 Å². The van der Waals surface area contributed by atoms with Crippen molar-refractivity contribution in [3.8, 4) is 0 Å². The molecule has 1 aromatic heterocycles. The number of aryl methyl sites for hydroxylation is 3. The van der Waals surface area contributed by atoms with E-state index in [1.54, 1.807) is 16.7 Å². The van der Waals surface area contributed by atoms with Crippen LogP contribution in [0.4, 0.5) is 0 Å². The first kappa shape index (κ1) is 16.9. The number of nitrogens with one attached hydrogen (secondary N) is 1. The Bertz CT molecular complexity index is 834. The number of nitrogens with zero attached hydrogens (tertiary/aromatic N) is 1. The lowest BCUT2D eigenvalue weighted by Gasteiger charge is -2.33. The zero-order valence-corrected chi connectivity index (χ0v) is 17.1. The van der Waals surface area contributed by atoms with Crippen molar-refractivity contribution in [1.82, 2.24) is 10.3 Å². The van der Waals surface area contributed by atoms with Crippen LogP contribution in [-0.4, -0.2) is 18.1 Å². The number of hydrogen-bond acceptors (Lipinski definition) is 2. The summed E-state index contributed by atoms with van der Waals surface area (Å²) in [6, 6.07) is 7.29. The summed E-state index contributed by atoms with van der Waals surface area (Å²) >= 11 is 3.65. The zero-order valence-electron chi connectivity index (χ0n) is 15.5. The third-order valence-electron chi connectivity index (χ3n) is 6.55. The molecule has 0 bridgehead atoms. The summed E-state index contributed by atoms with van der Waals surface area (Å²) in [6.07, 6.45) is 9.56. The molecule has 5 rings (SSSR count). The molecule has 26 heavy (non-hydrogen) atoms. The molecule has 0 spiro atoms. The highest BCUT2D eigenvalue weighted by atomic mass is 79.9. The minimum atomic E-state index is 0.480. The van der Waals surface area contributed by atoms with Crippen LogP contribution in [-0.2, 0) is 12.8 Å². The lowest BCUT2D eigenvalue weighted by molar-refractivity contribution is 0.337. The van der Waals surface area contributed by atoms with Gasteiger partial charge in [-0.2, -0.15) is 0 Å². The molecule has 3 heteroatoms. The van der Waals surface area contributed by atoms with E-state index in [-0.39, 0.29) is 0 Å². The van der Waals surface area contributed by atoms with Crippen molar-refractivity contribution in [3.05, 3.63) is 62.4 Å². The van der Waals surface area contributed by atoms with Gasteiger partial charge >= 0.3 is 0 Å². The summed E-state index contributed by atoms with van der Waals surface area (Å²) in [5.41, 5.74) is 9.18. The fraction of sp³-hybridized carbons (Fsp3) is 0.522. The fourth-order valence-electron chi connectivity index (χ4n) is 5.24. The Morgan fingerprint density at radius 2 is 1.77 bits per heavy atom. The molecular formula is C23H27BrN2. The van der Waals surface area contributed by atoms with Crippen LogP contribution < -0.4 is 5.32 Å². The molecule has 1 atom stereocenters. The van der Waals surface area contributed by atoms with Gasteiger partial charge in [0, 0.05) is 16.6 Å². The van der Waals surface area contributed by atoms with Gasteiger partial charge in [0.25, 0.3) is 0 Å². The van der Waals surface area contributed by atoms with Gasteiger partial charge in [-0.15, -0.1) is 0 Å². The summed E-state index contributed by atoms with van der Waals surface area (Å²) in [6.45, 7) is 4.57. The summed E-state index contributed by atoms with van der Waals surface area (Å²) in [5.74, 6) is 1.99. The van der Waals surface area contributed by atoms with E-state index in [1.807, 2.05) is 6.20 Å². The van der Waals surface area contributed by atoms with E-state index in [9.17, 15) is 0 Å². The van der Waals surface area contributed by atoms with Gasteiger partial charge in [0.1, 0.15) is 0 Å². The smallest absolute Gasteiger partial charge is 0.0514 e. The zero-order chi connectivity index (χ0) is 17.7. The molecule has 2 heterocycles. The number of benzene rings is 1. The van der Waals surface area contributed by atoms with Gasteiger partial charge in [-0.25, -0.2) is 0 Å². The number of hydrogen-bond donors (Lipinski definition) is 1. The lowest BCUT2D eigenvalue weighted by atomic mass is 9.74. The van der Waals surface area contributed by atoms with Gasteiger partial charge in [-0.3, -0.25) is 4.98 Å². The summed E-state index contributed by atoms with van der Waals surface area (Å²) in [5, 5.41) is 3.56. The molecular weight excluding hydrogens is 384 g/mol. The summed E-state index contributed by atoms with van der Waals surface area (Å²) in [4.78, 5) is 5.01. The van der Waals surface area contributed by atoms with Crippen molar-refractivity contribution in [1.29, 1.82) is 0 Å². The molecule has 0 amide bonds. The van der Waals surface area contributed by atoms with Crippen LogP contribution in [0.25, 0.3) is 0 Å². The molecule has 1 aliphatic heterocycles. The Kier molecular flexibility index (Phi) is 4.41. The number of piperidine rings is 1. The maximum Gasteiger partial charge on any atom is 0.0514 e. The minimum absolute atomic E-state index is 0.480. The molecule has 3 aliphatic rings. The monoisotopic (exact) mass is 410 g/mol. The molecule has 1 N–H and O–H groups in total. The summed E-state index contributed by atoms with van der Waals surface area (Å²) < 4.78 is 1.12. The summed E-state index contributed by atoms with van der Waals surface area (Å²) in [7, 11) is 0. The normalized spacial score (nSPS) is 23.2. The van der Waals surface area contributed by atoms with Gasteiger partial charge < -0.3 is 5.32 Å². The van der Waals surface area contributed by atoms with E-state index < -0.39 is 0 Å². The lowest BCUT2D eigenvalue weighted by Crippen LogP contribution is -2.32. The highest BCUT2D eigenvalue weighted by molar-refractivity contribution is 9.10. The van der Waals surface area contributed by atoms with Crippen LogP contribution in [0.3, 0.4) is 0 Å². The van der Waals surface area contributed by atoms with E-state index in [1.165, 1.54) is 42.5 Å². The second-order valence-electron chi connectivity index (χ2n) is 8.46. The van der Waals surface area contributed by atoms with E-state index in [0.717, 1.165) is 36.3 Å². The van der Waals surface area contributed by atoms with Crippen molar-refractivity contribution in [2.24, 2.45) is 5.92 Å². The predicted molar refractivity (Wildman–Crippen MR) is 110 cm³/mol. The number of aromatic nitrogens is 1. The molecule has 2 nitrogen and oxygen atoms in total. The van der Waals surface area contributed by atoms with E-state index in [0.29, 0.717) is 11.8 Å². The second kappa shape index (κ2) is 6.76. The van der Waals surface area contributed by atoms with Crippen molar-refractivity contribution in [3.63, 3.8) is 0 Å². The maximum absolute atomic E-state index is 5.01. The van der Waals surface area contributed by atoms with Crippen LogP contribution in [0.1, 0.15) is 71.0 Å². The Balaban J connectivity index is 1.72. The fourth-order valence-corrected chi connectivity index (χ4v) is 5.61. The third-order valence-corrected chi connectivity index (χ3v) is 6.99. The first-order chi connectivity index (χ1) is 12.7. The molecule has 2 aromatic rings. The number of pyridine rings is 1. The quantitative estimate of drug-likeness (QED) is 0.729. The number of rotatable bonds is 2. The first-order valence-electron chi connectivity index (χ1n) is 10.2. The Hall–Kier alpha value is -1.19. The van der Waals surface area contributed by atoms with Crippen LogP contribution in [0, 0.1) is 12.8 Å². The van der Waals surface area contributed by atoms with Gasteiger partial charge in [0.05, 0.1) is 5.69 Å². The first-order valence-corrected chi connectivity index (χ1v) is 11.0. The van der Waals surface area contributed by atoms with Crippen LogP contribution in [0.5, 0.6) is 0 Å². The average molecular weight is 411 g/mol. The Morgan fingerprint density at radius 1 is 1.00 bits per heavy atom. The maximum atomic E-state index is 5.01. The average Bonchev–Trinajstić information content (AvgIpc) is 3.48. The largest absolute Gasteiger partial charge is 0.317 e. The molecule has 1 saturated heterocycles. The third kappa shape index (κ3) is 3.03. The molecule has 2 fully saturated rings. The van der Waals surface area contributed by atoms with Gasteiger partial charge in [-0.1, -0.05) is 17.7 Å². The van der Waals surface area contributed by atoms with Crippen molar-refractivity contribution in [2.45, 2.75) is 57.3 Å². The van der Waals surface area contributed by atoms with Crippen LogP contribution in [0.15, 0.2) is 28.9 Å². The molecule has 136 valence electrons. The Morgan fingerprint density at radius 3 is 2.54 bits per heavy atom. The Labute approximate surface area is 164 Å². The standard InChI is InChI=1S/C23H27BrN2/c1-14-10-17-4-5-18-12-19(24)13-26-23(18)22(16-6-8-25-9-7-16)21(17)20(11-14)15-2-3-15/h10-13,15-16,22,25H,2-9H2,1H3. The van der Waals surface area contributed by atoms with E-state index in [4.69, 9.17) is 4.98 Å². The van der Waals surface area contributed by atoms with Gasteiger partial charge in [0.15, 0.2) is 0 Å². The van der Waals surface area contributed by atoms with Crippen LogP contribution in [0.2, 0.25) is 0 Å². The van der Waals surface area contributed by atoms with E-state index in [2.05, 4.69) is 46.4 Å². The minimum Gasteiger partial charge on any atom is -0.317 e. The van der Waals surface area contributed by atoms with Crippen molar-refractivity contribution in [2.75, 3.05) is 13.1 Å². The molecule has 1 aromatic carbocycles. The number of halogens is 1. The molecule has 2 aliphatic carbocycles. The van der Waals surface area contributed by atoms with Gasteiger partial charge in [-0.05, 0) is 115 Å². The van der Waals surface area contributed by atoms with Crippen molar-refractivity contribution >= 4 is 15.9 Å². The van der Waals surface area contributed by atoms with Crippen LogP contribution >= 0.6 is 15.9 Å². The highest BCUT2D eigenvalue weighted by Gasteiger charge is 2.37. The predicted octanol–water partition coefficient (Wildman–Crippen LogP) is 5.26. The van der Waals surface area contributed by atoms with Gasteiger partial charge in [0.2, 0.25) is 0 Å². The molecule has 1 unspecified atom stereocenters. The highest BCUT2D eigenvalue weighted by Crippen LogP contribution is 2.50.